The number of amides is 2. The van der Waals surface area contributed by atoms with Crippen LogP contribution in [0.2, 0.25) is 5.02 Å². The second-order valence-corrected chi connectivity index (χ2v) is 6.49. The molecule has 1 aliphatic rings. The topological polar surface area (TPSA) is 78.9 Å². The molecule has 0 bridgehead atoms. The average Bonchev–Trinajstić information content (AvgIpc) is 2.91. The lowest BCUT2D eigenvalue weighted by molar-refractivity contribution is -0.147. The van der Waals surface area contributed by atoms with E-state index in [4.69, 9.17) is 16.3 Å². The van der Waals surface area contributed by atoms with E-state index in [0.717, 1.165) is 0 Å². The highest BCUT2D eigenvalue weighted by atomic mass is 35.5. The number of carboxylic acid groups (broad SMARTS) is 1. The molecule has 0 aromatic heterocycles. The van der Waals surface area contributed by atoms with E-state index in [2.05, 4.69) is 5.32 Å². The van der Waals surface area contributed by atoms with Crippen LogP contribution < -0.4 is 10.1 Å². The number of benzene rings is 1. The molecule has 2 amide bonds. The molecular formula is C16H21ClN2O4. The molecule has 0 radical (unpaired) electrons. The minimum Gasteiger partial charge on any atom is -0.487 e. The smallest absolute Gasteiger partial charge is 0.317 e. The number of hydrogen-bond acceptors (Lipinski definition) is 3. The molecule has 1 heterocycles. The Labute approximate surface area is 140 Å². The molecule has 2 unspecified atom stereocenters. The first-order chi connectivity index (χ1) is 10.8. The maximum absolute atomic E-state index is 12.1. The summed E-state index contributed by atoms with van der Waals surface area (Å²) in [7, 11) is 0. The Morgan fingerprint density at radius 2 is 2.17 bits per heavy atom. The van der Waals surface area contributed by atoms with Gasteiger partial charge in [-0.3, -0.25) is 4.79 Å². The third kappa shape index (κ3) is 4.28. The van der Waals surface area contributed by atoms with Gasteiger partial charge in [0, 0.05) is 13.1 Å². The highest BCUT2D eigenvalue weighted by Crippen LogP contribution is 2.30. The number of rotatable bonds is 5. The van der Waals surface area contributed by atoms with E-state index in [9.17, 15) is 14.7 Å². The molecule has 0 spiro atoms. The summed E-state index contributed by atoms with van der Waals surface area (Å²) in [6.07, 6.45) is 0.203. The zero-order valence-corrected chi connectivity index (χ0v) is 14.0. The van der Waals surface area contributed by atoms with Crippen molar-refractivity contribution in [2.75, 3.05) is 19.6 Å². The summed E-state index contributed by atoms with van der Waals surface area (Å²) >= 11 is 6.02. The van der Waals surface area contributed by atoms with Gasteiger partial charge in [-0.05, 0) is 32.4 Å². The minimum absolute atomic E-state index is 0.216. The minimum atomic E-state index is -0.872. The van der Waals surface area contributed by atoms with Crippen LogP contribution in [0.15, 0.2) is 24.3 Å². The number of carbonyl (C=O) groups is 2. The molecule has 2 N–H and O–H groups in total. The lowest BCUT2D eigenvalue weighted by atomic mass is 9.90. The molecule has 2 atom stereocenters. The second kappa shape index (κ2) is 7.08. The van der Waals surface area contributed by atoms with Crippen molar-refractivity contribution in [1.29, 1.82) is 0 Å². The maximum atomic E-state index is 12.1. The molecular weight excluding hydrogens is 320 g/mol. The van der Waals surface area contributed by atoms with Crippen molar-refractivity contribution in [3.8, 4) is 5.75 Å². The molecule has 1 fully saturated rings. The van der Waals surface area contributed by atoms with E-state index in [-0.39, 0.29) is 18.7 Å². The molecule has 2 rings (SSSR count). The van der Waals surface area contributed by atoms with Crippen molar-refractivity contribution in [2.24, 2.45) is 5.41 Å². The predicted molar refractivity (Wildman–Crippen MR) is 86.9 cm³/mol. The number of carbonyl (C=O) groups excluding carboxylic acids is 1. The highest BCUT2D eigenvalue weighted by Gasteiger charge is 2.42. The van der Waals surface area contributed by atoms with Crippen LogP contribution in [-0.2, 0) is 4.79 Å². The summed E-state index contributed by atoms with van der Waals surface area (Å²) in [4.78, 5) is 24.8. The molecule has 1 aliphatic heterocycles. The van der Waals surface area contributed by atoms with Crippen molar-refractivity contribution < 1.29 is 19.4 Å². The second-order valence-electron chi connectivity index (χ2n) is 6.08. The number of carboxylic acids is 1. The van der Waals surface area contributed by atoms with E-state index in [0.29, 0.717) is 30.3 Å². The molecule has 0 saturated carbocycles. The summed E-state index contributed by atoms with van der Waals surface area (Å²) in [5, 5.41) is 12.5. The van der Waals surface area contributed by atoms with Gasteiger partial charge in [0.1, 0.15) is 11.9 Å². The predicted octanol–water partition coefficient (Wildman–Crippen LogP) is 2.61. The van der Waals surface area contributed by atoms with Gasteiger partial charge in [-0.2, -0.15) is 0 Å². The average molecular weight is 341 g/mol. The van der Waals surface area contributed by atoms with Gasteiger partial charge in [-0.15, -0.1) is 0 Å². The molecule has 126 valence electrons. The Bertz CT molecular complexity index is 595. The Morgan fingerprint density at radius 3 is 2.78 bits per heavy atom. The summed E-state index contributed by atoms with van der Waals surface area (Å²) < 4.78 is 5.68. The first-order valence-electron chi connectivity index (χ1n) is 7.49. The standard InChI is InChI=1S/C16H21ClN2O4/c1-11(23-13-6-4-3-5-12(13)17)9-18-15(22)19-8-7-16(2,10-19)14(20)21/h3-6,11H,7-10H2,1-2H3,(H,18,22)(H,20,21). The zero-order valence-electron chi connectivity index (χ0n) is 13.2. The van der Waals surface area contributed by atoms with E-state index < -0.39 is 11.4 Å². The normalized spacial score (nSPS) is 21.8. The highest BCUT2D eigenvalue weighted by molar-refractivity contribution is 6.32. The van der Waals surface area contributed by atoms with Crippen molar-refractivity contribution in [1.82, 2.24) is 10.2 Å². The zero-order chi connectivity index (χ0) is 17.0. The molecule has 1 aromatic carbocycles. The van der Waals surface area contributed by atoms with Crippen LogP contribution in [0.25, 0.3) is 0 Å². The fourth-order valence-corrected chi connectivity index (χ4v) is 2.63. The number of nitrogens with zero attached hydrogens (tertiary/aromatic N) is 1. The third-order valence-corrected chi connectivity index (χ3v) is 4.29. The van der Waals surface area contributed by atoms with Gasteiger partial charge < -0.3 is 20.1 Å². The Kier molecular flexibility index (Phi) is 5.36. The maximum Gasteiger partial charge on any atom is 0.317 e. The molecule has 1 saturated heterocycles. The largest absolute Gasteiger partial charge is 0.487 e. The molecule has 6 nitrogen and oxygen atoms in total. The van der Waals surface area contributed by atoms with Crippen LogP contribution in [0, 0.1) is 5.41 Å². The lowest BCUT2D eigenvalue weighted by Crippen LogP contribution is -2.43. The molecule has 23 heavy (non-hydrogen) atoms. The number of halogens is 1. The van der Waals surface area contributed by atoms with Gasteiger partial charge in [0.2, 0.25) is 0 Å². The van der Waals surface area contributed by atoms with Gasteiger partial charge in [0.05, 0.1) is 17.0 Å². The summed E-state index contributed by atoms with van der Waals surface area (Å²) in [6, 6.07) is 6.86. The SMILES string of the molecule is CC(CNC(=O)N1CCC(C)(C(=O)O)C1)Oc1ccccc1Cl. The summed E-state index contributed by atoms with van der Waals surface area (Å²) in [6.45, 7) is 4.45. The van der Waals surface area contributed by atoms with E-state index >= 15 is 0 Å². The van der Waals surface area contributed by atoms with Crippen molar-refractivity contribution in [2.45, 2.75) is 26.4 Å². The van der Waals surface area contributed by atoms with Crippen LogP contribution in [0.5, 0.6) is 5.75 Å². The third-order valence-electron chi connectivity index (χ3n) is 3.98. The van der Waals surface area contributed by atoms with Crippen molar-refractivity contribution in [3.63, 3.8) is 0 Å². The summed E-state index contributed by atoms with van der Waals surface area (Å²) in [5.74, 6) is -0.307. The molecule has 1 aromatic rings. The fourth-order valence-electron chi connectivity index (χ4n) is 2.45. The number of likely N-dealkylation sites (tertiary alicyclic amines) is 1. The number of ether oxygens (including phenoxy) is 1. The van der Waals surface area contributed by atoms with Crippen LogP contribution >= 0.6 is 11.6 Å². The van der Waals surface area contributed by atoms with Crippen LogP contribution in [0.1, 0.15) is 20.3 Å². The van der Waals surface area contributed by atoms with Crippen LogP contribution in [0.3, 0.4) is 0 Å². The monoisotopic (exact) mass is 340 g/mol. The Hall–Kier alpha value is -1.95. The van der Waals surface area contributed by atoms with Gasteiger partial charge in [-0.25, -0.2) is 4.79 Å². The molecule has 7 heteroatoms. The van der Waals surface area contributed by atoms with Crippen LogP contribution in [-0.4, -0.2) is 47.7 Å². The van der Waals surface area contributed by atoms with Gasteiger partial charge in [0.25, 0.3) is 0 Å². The van der Waals surface area contributed by atoms with E-state index in [1.165, 1.54) is 4.90 Å². The van der Waals surface area contributed by atoms with Crippen LogP contribution in [0.4, 0.5) is 4.79 Å². The van der Waals surface area contributed by atoms with Gasteiger partial charge >= 0.3 is 12.0 Å². The number of nitrogens with one attached hydrogen (secondary N) is 1. The number of urea groups is 1. The number of hydrogen-bond donors (Lipinski definition) is 2. The van der Waals surface area contributed by atoms with E-state index in [1.54, 1.807) is 19.1 Å². The first kappa shape index (κ1) is 17.4. The van der Waals surface area contributed by atoms with Crippen molar-refractivity contribution >= 4 is 23.6 Å². The van der Waals surface area contributed by atoms with E-state index in [1.807, 2.05) is 19.1 Å². The fraction of sp³-hybridized carbons (Fsp3) is 0.500. The van der Waals surface area contributed by atoms with Gasteiger partial charge in [0.15, 0.2) is 0 Å². The summed E-state index contributed by atoms with van der Waals surface area (Å²) in [5.41, 5.74) is -0.864. The first-order valence-corrected chi connectivity index (χ1v) is 7.87. The Morgan fingerprint density at radius 1 is 1.48 bits per heavy atom. The lowest BCUT2D eigenvalue weighted by Gasteiger charge is -2.22. The number of para-hydroxylation sites is 1. The van der Waals surface area contributed by atoms with Gasteiger partial charge in [-0.1, -0.05) is 23.7 Å². The molecule has 0 aliphatic carbocycles. The number of aliphatic carboxylic acids is 1. The Balaban J connectivity index is 1.81. The van der Waals surface area contributed by atoms with Crippen molar-refractivity contribution in [3.05, 3.63) is 29.3 Å². The quantitative estimate of drug-likeness (QED) is 0.863.